The van der Waals surface area contributed by atoms with Gasteiger partial charge in [0, 0.05) is 30.1 Å². The van der Waals surface area contributed by atoms with E-state index in [4.69, 9.17) is 0 Å². The lowest BCUT2D eigenvalue weighted by atomic mass is 9.86. The van der Waals surface area contributed by atoms with Crippen molar-refractivity contribution < 1.29 is 14.4 Å². The minimum atomic E-state index is -0.388. The number of rotatable bonds is 6. The van der Waals surface area contributed by atoms with Gasteiger partial charge in [-0.15, -0.1) is 11.3 Å². The molecule has 2 fully saturated rings. The van der Waals surface area contributed by atoms with Gasteiger partial charge in [-0.3, -0.25) is 14.4 Å². The summed E-state index contributed by atoms with van der Waals surface area (Å²) in [6.07, 6.45) is 2.83. The number of likely N-dealkylation sites (N-methyl/N-ethyl adjacent to an activating group) is 1. The summed E-state index contributed by atoms with van der Waals surface area (Å²) in [5, 5.41) is 4.90. The van der Waals surface area contributed by atoms with Gasteiger partial charge in [-0.05, 0) is 49.8 Å². The first kappa shape index (κ1) is 20.6. The molecule has 3 amide bonds. The molecule has 0 radical (unpaired) electrons. The second kappa shape index (κ2) is 8.60. The van der Waals surface area contributed by atoms with Crippen molar-refractivity contribution in [1.29, 1.82) is 0 Å². The highest BCUT2D eigenvalue weighted by Gasteiger charge is 2.43. The maximum atomic E-state index is 13.4. The molecule has 2 aromatic rings. The Labute approximate surface area is 180 Å². The number of carbonyl (C=O) groups is 3. The molecule has 4 rings (SSSR count). The predicted molar refractivity (Wildman–Crippen MR) is 117 cm³/mol. The van der Waals surface area contributed by atoms with Gasteiger partial charge in [-0.25, -0.2) is 0 Å². The highest BCUT2D eigenvalue weighted by Crippen LogP contribution is 2.42. The lowest BCUT2D eigenvalue weighted by Crippen LogP contribution is -2.50. The lowest BCUT2D eigenvalue weighted by Gasteiger charge is -2.41. The summed E-state index contributed by atoms with van der Waals surface area (Å²) >= 11 is 1.55. The van der Waals surface area contributed by atoms with Crippen molar-refractivity contribution in [2.24, 2.45) is 5.92 Å². The predicted octanol–water partition coefficient (Wildman–Crippen LogP) is 3.28. The van der Waals surface area contributed by atoms with Crippen LogP contribution in [-0.2, 0) is 14.4 Å². The number of hydrogen-bond donors (Lipinski definition) is 1. The molecule has 0 bridgehead atoms. The van der Waals surface area contributed by atoms with Crippen molar-refractivity contribution in [2.45, 2.75) is 44.7 Å². The van der Waals surface area contributed by atoms with Crippen LogP contribution in [0.2, 0.25) is 0 Å². The molecule has 1 aromatic carbocycles. The second-order valence-electron chi connectivity index (χ2n) is 8.24. The molecule has 158 valence electrons. The van der Waals surface area contributed by atoms with Gasteiger partial charge in [0.1, 0.15) is 0 Å². The van der Waals surface area contributed by atoms with Crippen LogP contribution >= 0.6 is 11.3 Å². The monoisotopic (exact) mass is 425 g/mol. The van der Waals surface area contributed by atoms with Crippen molar-refractivity contribution in [2.75, 3.05) is 18.5 Å². The number of amides is 3. The Balaban J connectivity index is 1.60. The Hall–Kier alpha value is -2.67. The smallest absolute Gasteiger partial charge is 0.239 e. The van der Waals surface area contributed by atoms with Crippen LogP contribution < -0.4 is 10.2 Å². The zero-order valence-electron chi connectivity index (χ0n) is 17.3. The zero-order valence-corrected chi connectivity index (χ0v) is 18.2. The minimum absolute atomic E-state index is 0.0235. The fraction of sp³-hybridized carbons (Fsp3) is 0.435. The van der Waals surface area contributed by atoms with Crippen LogP contribution in [0, 0.1) is 12.8 Å². The van der Waals surface area contributed by atoms with E-state index in [0.717, 1.165) is 29.0 Å². The highest BCUT2D eigenvalue weighted by molar-refractivity contribution is 7.10. The maximum Gasteiger partial charge on any atom is 0.239 e. The van der Waals surface area contributed by atoms with Gasteiger partial charge in [-0.1, -0.05) is 23.8 Å². The van der Waals surface area contributed by atoms with E-state index in [0.29, 0.717) is 12.8 Å². The van der Waals surface area contributed by atoms with Crippen LogP contribution in [-0.4, -0.2) is 42.3 Å². The van der Waals surface area contributed by atoms with Gasteiger partial charge in [0.2, 0.25) is 17.7 Å². The number of piperidine rings is 1. The summed E-state index contributed by atoms with van der Waals surface area (Å²) in [5.74, 6) is -0.580. The van der Waals surface area contributed by atoms with Crippen LogP contribution in [0.25, 0.3) is 0 Å². The Morgan fingerprint density at radius 3 is 2.53 bits per heavy atom. The quantitative estimate of drug-likeness (QED) is 0.772. The summed E-state index contributed by atoms with van der Waals surface area (Å²) in [5.41, 5.74) is 1.92. The van der Waals surface area contributed by atoms with Gasteiger partial charge >= 0.3 is 0 Å². The summed E-state index contributed by atoms with van der Waals surface area (Å²) in [4.78, 5) is 42.8. The topological polar surface area (TPSA) is 69.7 Å². The van der Waals surface area contributed by atoms with E-state index in [1.165, 1.54) is 4.90 Å². The van der Waals surface area contributed by atoms with Crippen molar-refractivity contribution in [3.63, 3.8) is 0 Å². The fourth-order valence-corrected chi connectivity index (χ4v) is 4.90. The zero-order chi connectivity index (χ0) is 21.3. The van der Waals surface area contributed by atoms with Gasteiger partial charge in [-0.2, -0.15) is 0 Å². The molecule has 7 heteroatoms. The Kier molecular flexibility index (Phi) is 5.90. The highest BCUT2D eigenvalue weighted by atomic mass is 32.1. The standard InChI is InChI=1S/C23H27N3O3S/c1-15-5-9-17(10-6-15)26-21(28)12-11-18(22(26)19-4-3-13-30-19)23(29)25(2)14-20(27)24-16-7-8-16/h3-6,9-10,13,16,18,22H,7-8,11-12,14H2,1-2H3,(H,24,27). The average Bonchev–Trinajstić information content (AvgIpc) is 3.36. The van der Waals surface area contributed by atoms with Crippen LogP contribution in [0.3, 0.4) is 0 Å². The number of nitrogens with zero attached hydrogens (tertiary/aromatic N) is 2. The van der Waals surface area contributed by atoms with E-state index >= 15 is 0 Å². The molecule has 1 saturated carbocycles. The number of nitrogens with one attached hydrogen (secondary N) is 1. The van der Waals surface area contributed by atoms with Gasteiger partial charge in [0.25, 0.3) is 0 Å². The molecular weight excluding hydrogens is 398 g/mol. The van der Waals surface area contributed by atoms with Gasteiger partial charge in [0.05, 0.1) is 18.5 Å². The third-order valence-electron chi connectivity index (χ3n) is 5.76. The summed E-state index contributed by atoms with van der Waals surface area (Å²) in [6, 6.07) is 11.7. The Morgan fingerprint density at radius 1 is 1.17 bits per heavy atom. The molecule has 30 heavy (non-hydrogen) atoms. The van der Waals surface area contributed by atoms with E-state index in [-0.39, 0.29) is 42.3 Å². The first-order valence-corrected chi connectivity index (χ1v) is 11.3. The number of anilines is 1. The molecule has 1 aliphatic heterocycles. The van der Waals surface area contributed by atoms with Crippen LogP contribution in [0.4, 0.5) is 5.69 Å². The molecule has 1 N–H and O–H groups in total. The first-order valence-electron chi connectivity index (χ1n) is 10.4. The third kappa shape index (κ3) is 4.41. The number of aryl methyl sites for hydroxylation is 1. The first-order chi connectivity index (χ1) is 14.4. The minimum Gasteiger partial charge on any atom is -0.352 e. The Bertz CT molecular complexity index is 922. The normalized spacial score (nSPS) is 21.4. The number of hydrogen-bond acceptors (Lipinski definition) is 4. The summed E-state index contributed by atoms with van der Waals surface area (Å²) < 4.78 is 0. The van der Waals surface area contributed by atoms with Crippen molar-refractivity contribution in [1.82, 2.24) is 10.2 Å². The van der Waals surface area contributed by atoms with Crippen LogP contribution in [0.15, 0.2) is 41.8 Å². The van der Waals surface area contributed by atoms with E-state index in [2.05, 4.69) is 5.32 Å². The third-order valence-corrected chi connectivity index (χ3v) is 6.70. The van der Waals surface area contributed by atoms with Crippen molar-refractivity contribution in [3.05, 3.63) is 52.2 Å². The summed E-state index contributed by atoms with van der Waals surface area (Å²) in [7, 11) is 1.67. The molecule has 0 spiro atoms. The molecule has 2 heterocycles. The number of benzene rings is 1. The number of thiophene rings is 1. The summed E-state index contributed by atoms with van der Waals surface area (Å²) in [6.45, 7) is 2.05. The van der Waals surface area contributed by atoms with E-state index in [9.17, 15) is 14.4 Å². The van der Waals surface area contributed by atoms with Crippen LogP contribution in [0.1, 0.15) is 42.2 Å². The second-order valence-corrected chi connectivity index (χ2v) is 9.22. The SMILES string of the molecule is Cc1ccc(N2C(=O)CCC(C(=O)N(C)CC(=O)NC3CC3)C2c2cccs2)cc1. The molecule has 2 aliphatic rings. The van der Waals surface area contributed by atoms with Crippen molar-refractivity contribution in [3.8, 4) is 0 Å². The van der Waals surface area contributed by atoms with Gasteiger partial charge in [0.15, 0.2) is 0 Å². The number of carbonyl (C=O) groups excluding carboxylic acids is 3. The molecule has 1 aromatic heterocycles. The van der Waals surface area contributed by atoms with Crippen molar-refractivity contribution >= 4 is 34.7 Å². The van der Waals surface area contributed by atoms with E-state index in [1.54, 1.807) is 23.3 Å². The Morgan fingerprint density at radius 2 is 1.90 bits per heavy atom. The lowest BCUT2D eigenvalue weighted by molar-refractivity contribution is -0.140. The molecule has 2 atom stereocenters. The van der Waals surface area contributed by atoms with Crippen LogP contribution in [0.5, 0.6) is 0 Å². The average molecular weight is 426 g/mol. The van der Waals surface area contributed by atoms with E-state index in [1.807, 2.05) is 48.7 Å². The largest absolute Gasteiger partial charge is 0.352 e. The van der Waals surface area contributed by atoms with E-state index < -0.39 is 0 Å². The molecule has 1 aliphatic carbocycles. The molecule has 1 saturated heterocycles. The molecule has 2 unspecified atom stereocenters. The fourth-order valence-electron chi connectivity index (χ4n) is 4.02. The maximum absolute atomic E-state index is 13.4. The molecule has 6 nitrogen and oxygen atoms in total. The van der Waals surface area contributed by atoms with Gasteiger partial charge < -0.3 is 15.1 Å². The molecular formula is C23H27N3O3S.